The zero-order chi connectivity index (χ0) is 8.36. The molecule has 0 aliphatic rings. The van der Waals surface area contributed by atoms with Gasteiger partial charge in [0.05, 0.1) is 0 Å². The molecule has 0 amide bonds. The van der Waals surface area contributed by atoms with E-state index >= 15 is 0 Å². The highest BCUT2D eigenvalue weighted by molar-refractivity contribution is 7.87. The van der Waals surface area contributed by atoms with Crippen molar-refractivity contribution in [3.05, 3.63) is 0 Å². The summed E-state index contributed by atoms with van der Waals surface area (Å²) >= 11 is 0. The lowest BCUT2D eigenvalue weighted by atomic mass is 10.1. The highest BCUT2D eigenvalue weighted by Gasteiger charge is 2.25. The van der Waals surface area contributed by atoms with Crippen molar-refractivity contribution in [2.45, 2.75) is 51.0 Å². The minimum atomic E-state index is -0.682. The molecular weight excluding hydrogens is 144 g/mol. The summed E-state index contributed by atoms with van der Waals surface area (Å²) in [6.45, 7) is 10.2. The van der Waals surface area contributed by atoms with Crippen LogP contribution in [0.5, 0.6) is 0 Å². The zero-order valence-electron chi connectivity index (χ0n) is 7.60. The Bertz CT molecular complexity index is 127. The molecule has 1 nitrogen and oxygen atoms in total. The van der Waals surface area contributed by atoms with E-state index < -0.39 is 10.8 Å². The van der Waals surface area contributed by atoms with Gasteiger partial charge in [-0.25, -0.2) is 0 Å². The second-order valence-electron chi connectivity index (χ2n) is 3.46. The Morgan fingerprint density at radius 3 is 1.90 bits per heavy atom. The first-order valence-electron chi connectivity index (χ1n) is 3.82. The molecular formula is C8H18OS. The first kappa shape index (κ1) is 10.2. The average Bonchev–Trinajstić information content (AvgIpc) is 1.86. The molecule has 10 heavy (non-hydrogen) atoms. The summed E-state index contributed by atoms with van der Waals surface area (Å²) in [6, 6.07) is 0. The molecule has 0 heterocycles. The lowest BCUT2D eigenvalue weighted by Gasteiger charge is -2.23. The third-order valence-electron chi connectivity index (χ3n) is 1.82. The van der Waals surface area contributed by atoms with E-state index in [1.165, 1.54) is 0 Å². The first-order chi connectivity index (χ1) is 4.41. The molecule has 0 saturated heterocycles. The maximum absolute atomic E-state index is 11.5. The second kappa shape index (κ2) is 3.51. The lowest BCUT2D eigenvalue weighted by molar-refractivity contribution is 0.606. The van der Waals surface area contributed by atoms with Crippen molar-refractivity contribution in [2.24, 2.45) is 0 Å². The van der Waals surface area contributed by atoms with Gasteiger partial charge in [-0.3, -0.25) is 4.21 Å². The van der Waals surface area contributed by atoms with Crippen molar-refractivity contribution in [1.82, 2.24) is 0 Å². The van der Waals surface area contributed by atoms with Gasteiger partial charge >= 0.3 is 0 Å². The normalized spacial score (nSPS) is 15.8. The number of hydrogen-bond acceptors (Lipinski definition) is 1. The molecule has 0 aliphatic heterocycles. The molecule has 0 bridgehead atoms. The summed E-state index contributed by atoms with van der Waals surface area (Å²) in [7, 11) is -0.682. The van der Waals surface area contributed by atoms with Crippen LogP contribution >= 0.6 is 0 Å². The third kappa shape index (κ3) is 2.41. The topological polar surface area (TPSA) is 17.1 Å². The van der Waals surface area contributed by atoms with E-state index in [0.717, 1.165) is 6.42 Å². The van der Waals surface area contributed by atoms with Crippen LogP contribution in [0, 0.1) is 0 Å². The molecule has 0 saturated carbocycles. The van der Waals surface area contributed by atoms with Gasteiger partial charge in [-0.1, -0.05) is 20.8 Å². The summed E-state index contributed by atoms with van der Waals surface area (Å²) in [5, 5.41) is 0.287. The highest BCUT2D eigenvalue weighted by atomic mass is 32.2. The van der Waals surface area contributed by atoms with Crippen molar-refractivity contribution in [3.63, 3.8) is 0 Å². The van der Waals surface area contributed by atoms with Gasteiger partial charge in [0.1, 0.15) is 0 Å². The second-order valence-corrected chi connectivity index (χ2v) is 6.10. The molecule has 0 aromatic carbocycles. The summed E-state index contributed by atoms with van der Waals surface area (Å²) in [5.41, 5.74) is 0. The van der Waals surface area contributed by atoms with Crippen LogP contribution in [-0.2, 0) is 10.8 Å². The smallest absolute Gasteiger partial charge is 0.0403 e. The van der Waals surface area contributed by atoms with E-state index in [1.54, 1.807) is 0 Å². The third-order valence-corrected chi connectivity index (χ3v) is 4.06. The Labute approximate surface area is 66.7 Å². The molecule has 0 radical (unpaired) electrons. The maximum Gasteiger partial charge on any atom is 0.0403 e. The molecule has 0 aliphatic carbocycles. The molecule has 0 N–H and O–H groups in total. The van der Waals surface area contributed by atoms with Gasteiger partial charge in [0.25, 0.3) is 0 Å². The maximum atomic E-state index is 11.5. The van der Waals surface area contributed by atoms with Crippen molar-refractivity contribution >= 4 is 10.8 Å². The predicted octanol–water partition coefficient (Wildman–Crippen LogP) is 2.33. The van der Waals surface area contributed by atoms with E-state index in [9.17, 15) is 4.21 Å². The van der Waals surface area contributed by atoms with E-state index in [1.807, 2.05) is 13.8 Å². The van der Waals surface area contributed by atoms with Crippen LogP contribution < -0.4 is 0 Å². The van der Waals surface area contributed by atoms with Crippen LogP contribution in [0.3, 0.4) is 0 Å². The molecule has 2 heteroatoms. The molecule has 62 valence electrons. The number of hydrogen-bond donors (Lipinski definition) is 0. The molecule has 0 spiro atoms. The van der Waals surface area contributed by atoms with Gasteiger partial charge in [-0.05, 0) is 20.3 Å². The Morgan fingerprint density at radius 1 is 1.40 bits per heavy atom. The van der Waals surface area contributed by atoms with Gasteiger partial charge in [0, 0.05) is 20.8 Å². The Hall–Kier alpha value is 0.150. The quantitative estimate of drug-likeness (QED) is 0.622. The van der Waals surface area contributed by atoms with Crippen LogP contribution in [0.2, 0.25) is 0 Å². The average molecular weight is 162 g/mol. The van der Waals surface area contributed by atoms with Crippen LogP contribution in [0.25, 0.3) is 0 Å². The fraction of sp³-hybridized carbons (Fsp3) is 1.00. The van der Waals surface area contributed by atoms with Crippen LogP contribution in [0.4, 0.5) is 0 Å². The van der Waals surface area contributed by atoms with E-state index in [4.69, 9.17) is 0 Å². The predicted molar refractivity (Wildman–Crippen MR) is 47.6 cm³/mol. The van der Waals surface area contributed by atoms with Crippen LogP contribution in [0.15, 0.2) is 0 Å². The molecule has 1 atom stereocenters. The van der Waals surface area contributed by atoms with Crippen LogP contribution in [-0.4, -0.2) is 14.2 Å². The summed E-state index contributed by atoms with van der Waals surface area (Å²) < 4.78 is 11.5. The molecule has 1 unspecified atom stereocenters. The summed E-state index contributed by atoms with van der Waals surface area (Å²) in [6.07, 6.45) is 0.984. The zero-order valence-corrected chi connectivity index (χ0v) is 8.42. The van der Waals surface area contributed by atoms with Crippen molar-refractivity contribution in [3.8, 4) is 0 Å². The lowest BCUT2D eigenvalue weighted by Crippen LogP contribution is -2.30. The van der Waals surface area contributed by atoms with Crippen LogP contribution in [0.1, 0.15) is 41.0 Å². The molecule has 0 rings (SSSR count). The van der Waals surface area contributed by atoms with Gasteiger partial charge in [0.2, 0.25) is 0 Å². The van der Waals surface area contributed by atoms with E-state index in [2.05, 4.69) is 20.8 Å². The summed E-state index contributed by atoms with van der Waals surface area (Å²) in [4.78, 5) is 0. The SMILES string of the molecule is CCC(C)(C)S(=O)C(C)C. The molecule has 0 aromatic rings. The van der Waals surface area contributed by atoms with Crippen molar-refractivity contribution < 1.29 is 4.21 Å². The van der Waals surface area contributed by atoms with E-state index in [-0.39, 0.29) is 10.00 Å². The van der Waals surface area contributed by atoms with Gasteiger partial charge in [-0.15, -0.1) is 0 Å². The standard InChI is InChI=1S/C8H18OS/c1-6-8(4,5)10(9)7(2)3/h7H,6H2,1-5H3. The monoisotopic (exact) mass is 162 g/mol. The fourth-order valence-electron chi connectivity index (χ4n) is 0.780. The highest BCUT2D eigenvalue weighted by Crippen LogP contribution is 2.20. The summed E-state index contributed by atoms with van der Waals surface area (Å²) in [5.74, 6) is 0. The first-order valence-corrected chi connectivity index (χ1v) is 5.03. The Kier molecular flexibility index (Phi) is 3.57. The Morgan fingerprint density at radius 2 is 1.80 bits per heavy atom. The van der Waals surface area contributed by atoms with E-state index in [0.29, 0.717) is 0 Å². The van der Waals surface area contributed by atoms with Crippen molar-refractivity contribution in [1.29, 1.82) is 0 Å². The molecule has 0 aromatic heterocycles. The van der Waals surface area contributed by atoms with Crippen molar-refractivity contribution in [2.75, 3.05) is 0 Å². The largest absolute Gasteiger partial charge is 0.259 e. The van der Waals surface area contributed by atoms with Gasteiger partial charge in [0.15, 0.2) is 0 Å². The van der Waals surface area contributed by atoms with Gasteiger partial charge in [-0.2, -0.15) is 0 Å². The fourth-order valence-corrected chi connectivity index (χ4v) is 2.34. The number of rotatable bonds is 3. The minimum Gasteiger partial charge on any atom is -0.259 e. The Balaban J connectivity index is 4.19. The van der Waals surface area contributed by atoms with Gasteiger partial charge < -0.3 is 0 Å². The minimum absolute atomic E-state index is 0.00579. The molecule has 0 fully saturated rings.